The first-order valence-electron chi connectivity index (χ1n) is 11.5. The summed E-state index contributed by atoms with van der Waals surface area (Å²) < 4.78 is 0. The maximum absolute atomic E-state index is 6.03. The maximum Gasteiger partial charge on any atom is 0.0406 e. The molecule has 0 radical (unpaired) electrons. The molecule has 2 fully saturated rings. The zero-order valence-corrected chi connectivity index (χ0v) is 17.7. The Bertz CT molecular complexity index is 489. The first kappa shape index (κ1) is 20.2. The lowest BCUT2D eigenvalue weighted by molar-refractivity contribution is 0.235. The molecular formula is C25H39Cl. The van der Waals surface area contributed by atoms with Crippen molar-refractivity contribution in [3.05, 3.63) is 34.9 Å². The van der Waals surface area contributed by atoms with E-state index in [1.165, 1.54) is 95.5 Å². The van der Waals surface area contributed by atoms with Crippen molar-refractivity contribution in [2.45, 2.75) is 103 Å². The molecule has 0 unspecified atom stereocenters. The van der Waals surface area contributed by atoms with Crippen LogP contribution in [0.3, 0.4) is 0 Å². The van der Waals surface area contributed by atoms with Crippen molar-refractivity contribution in [2.24, 2.45) is 17.8 Å². The monoisotopic (exact) mass is 374 g/mol. The van der Waals surface area contributed by atoms with Gasteiger partial charge in [0.1, 0.15) is 0 Å². The largest absolute Gasteiger partial charge is 0.0843 e. The molecule has 0 saturated heterocycles. The van der Waals surface area contributed by atoms with E-state index in [1.54, 1.807) is 0 Å². The Balaban J connectivity index is 1.28. The topological polar surface area (TPSA) is 0 Å². The maximum atomic E-state index is 6.03. The zero-order chi connectivity index (χ0) is 18.2. The zero-order valence-electron chi connectivity index (χ0n) is 16.9. The second-order valence-corrected chi connectivity index (χ2v) is 9.67. The van der Waals surface area contributed by atoms with Crippen LogP contribution in [0.15, 0.2) is 24.3 Å². The first-order valence-corrected chi connectivity index (χ1v) is 11.9. The summed E-state index contributed by atoms with van der Waals surface area (Å²) in [5, 5.41) is 0.863. The molecule has 1 aromatic rings. The molecule has 26 heavy (non-hydrogen) atoms. The molecule has 3 rings (SSSR count). The van der Waals surface area contributed by atoms with Crippen molar-refractivity contribution in [3.8, 4) is 0 Å². The second-order valence-electron chi connectivity index (χ2n) is 9.23. The summed E-state index contributed by atoms with van der Waals surface area (Å²) in [7, 11) is 0. The average Bonchev–Trinajstić information content (AvgIpc) is 2.69. The van der Waals surface area contributed by atoms with Gasteiger partial charge in [-0.1, -0.05) is 94.9 Å². The van der Waals surface area contributed by atoms with Gasteiger partial charge in [0.05, 0.1) is 0 Å². The van der Waals surface area contributed by atoms with Gasteiger partial charge in [0.15, 0.2) is 0 Å². The first-order chi connectivity index (χ1) is 12.7. The normalized spacial score (nSPS) is 29.6. The third-order valence-electron chi connectivity index (χ3n) is 7.35. The molecule has 0 nitrogen and oxygen atoms in total. The molecule has 1 aromatic carbocycles. The molecule has 146 valence electrons. The van der Waals surface area contributed by atoms with Crippen molar-refractivity contribution in [2.75, 3.05) is 0 Å². The van der Waals surface area contributed by atoms with E-state index >= 15 is 0 Å². The van der Waals surface area contributed by atoms with Gasteiger partial charge in [-0.3, -0.25) is 0 Å². The molecule has 2 aliphatic rings. The van der Waals surface area contributed by atoms with Crippen molar-refractivity contribution in [3.63, 3.8) is 0 Å². The third kappa shape index (κ3) is 6.29. The Morgan fingerprint density at radius 3 is 1.65 bits per heavy atom. The molecule has 0 aromatic heterocycles. The van der Waals surface area contributed by atoms with E-state index in [-0.39, 0.29) is 0 Å². The van der Waals surface area contributed by atoms with E-state index in [4.69, 9.17) is 11.6 Å². The van der Waals surface area contributed by atoms with Gasteiger partial charge >= 0.3 is 0 Å². The van der Waals surface area contributed by atoms with E-state index in [0.717, 1.165) is 28.7 Å². The molecule has 2 aliphatic carbocycles. The number of unbranched alkanes of at least 4 members (excludes halogenated alkanes) is 1. The number of hydrogen-bond acceptors (Lipinski definition) is 0. The fourth-order valence-electron chi connectivity index (χ4n) is 5.52. The minimum Gasteiger partial charge on any atom is -0.0843 e. The summed E-state index contributed by atoms with van der Waals surface area (Å²) >= 11 is 6.03. The summed E-state index contributed by atoms with van der Waals surface area (Å²) in [5.41, 5.74) is 1.51. The molecule has 0 N–H and O–H groups in total. The van der Waals surface area contributed by atoms with Crippen LogP contribution in [-0.4, -0.2) is 0 Å². The highest BCUT2D eigenvalue weighted by molar-refractivity contribution is 6.30. The number of hydrogen-bond donors (Lipinski definition) is 0. The van der Waals surface area contributed by atoms with Crippen molar-refractivity contribution in [1.82, 2.24) is 0 Å². The minimum absolute atomic E-state index is 0.780. The van der Waals surface area contributed by atoms with Gasteiger partial charge in [0.25, 0.3) is 0 Å². The Hall–Kier alpha value is -0.490. The lowest BCUT2D eigenvalue weighted by atomic mass is 9.75. The second kappa shape index (κ2) is 10.7. The SMILES string of the molecule is CCCCC1CCC(CCCC2CCC(c3ccc(Cl)cc3)CC2)CC1. The van der Waals surface area contributed by atoms with E-state index in [9.17, 15) is 0 Å². The molecule has 0 bridgehead atoms. The lowest BCUT2D eigenvalue weighted by Gasteiger charge is -2.31. The summed E-state index contributed by atoms with van der Waals surface area (Å²) in [6.45, 7) is 2.33. The predicted molar refractivity (Wildman–Crippen MR) is 115 cm³/mol. The van der Waals surface area contributed by atoms with Gasteiger partial charge in [-0.2, -0.15) is 0 Å². The van der Waals surface area contributed by atoms with Gasteiger partial charge < -0.3 is 0 Å². The standard InChI is InChI=1S/C25H39Cl/c1-2-3-5-20-8-10-21(11-9-20)6-4-7-22-12-14-23(15-13-22)24-16-18-25(26)19-17-24/h16-23H,2-15H2,1H3. The minimum atomic E-state index is 0.780. The number of rotatable bonds is 8. The molecule has 2 saturated carbocycles. The van der Waals surface area contributed by atoms with Crippen LogP contribution in [-0.2, 0) is 0 Å². The van der Waals surface area contributed by atoms with Crippen LogP contribution in [0.1, 0.15) is 108 Å². The van der Waals surface area contributed by atoms with Gasteiger partial charge in [-0.25, -0.2) is 0 Å². The van der Waals surface area contributed by atoms with Gasteiger partial charge in [0.2, 0.25) is 0 Å². The fourth-order valence-corrected chi connectivity index (χ4v) is 5.64. The quantitative estimate of drug-likeness (QED) is 0.426. The molecule has 1 heteroatoms. The van der Waals surface area contributed by atoms with E-state index in [0.29, 0.717) is 0 Å². The Labute approximate surface area is 167 Å². The fraction of sp³-hybridized carbons (Fsp3) is 0.760. The van der Waals surface area contributed by atoms with Crippen LogP contribution in [0.4, 0.5) is 0 Å². The lowest BCUT2D eigenvalue weighted by Crippen LogP contribution is -2.16. The van der Waals surface area contributed by atoms with Crippen LogP contribution < -0.4 is 0 Å². The molecule has 0 atom stereocenters. The molecular weight excluding hydrogens is 336 g/mol. The van der Waals surface area contributed by atoms with Crippen molar-refractivity contribution >= 4 is 11.6 Å². The molecule has 0 spiro atoms. The summed E-state index contributed by atoms with van der Waals surface area (Å²) in [6.07, 6.45) is 20.6. The van der Waals surface area contributed by atoms with Crippen LogP contribution >= 0.6 is 11.6 Å². The van der Waals surface area contributed by atoms with Gasteiger partial charge in [-0.05, 0) is 67.1 Å². The molecule has 0 heterocycles. The summed E-state index contributed by atoms with van der Waals surface area (Å²) in [5.74, 6) is 3.90. The smallest absolute Gasteiger partial charge is 0.0406 e. The summed E-state index contributed by atoms with van der Waals surface area (Å²) in [6, 6.07) is 8.59. The van der Waals surface area contributed by atoms with Crippen molar-refractivity contribution < 1.29 is 0 Å². The van der Waals surface area contributed by atoms with E-state index in [1.807, 2.05) is 0 Å². The Morgan fingerprint density at radius 1 is 0.692 bits per heavy atom. The van der Waals surface area contributed by atoms with Gasteiger partial charge in [-0.15, -0.1) is 0 Å². The van der Waals surface area contributed by atoms with Crippen LogP contribution in [0.2, 0.25) is 5.02 Å². The summed E-state index contributed by atoms with van der Waals surface area (Å²) in [4.78, 5) is 0. The van der Waals surface area contributed by atoms with E-state index < -0.39 is 0 Å². The van der Waals surface area contributed by atoms with Crippen LogP contribution in [0, 0.1) is 17.8 Å². The number of benzene rings is 1. The molecule has 0 aliphatic heterocycles. The number of halogens is 1. The van der Waals surface area contributed by atoms with Crippen LogP contribution in [0.5, 0.6) is 0 Å². The third-order valence-corrected chi connectivity index (χ3v) is 7.60. The highest BCUT2D eigenvalue weighted by Crippen LogP contribution is 2.39. The Kier molecular flexibility index (Phi) is 8.37. The highest BCUT2D eigenvalue weighted by atomic mass is 35.5. The predicted octanol–water partition coefficient (Wildman–Crippen LogP) is 8.78. The van der Waals surface area contributed by atoms with Gasteiger partial charge in [0, 0.05) is 5.02 Å². The van der Waals surface area contributed by atoms with E-state index in [2.05, 4.69) is 31.2 Å². The van der Waals surface area contributed by atoms with Crippen molar-refractivity contribution in [1.29, 1.82) is 0 Å². The van der Waals surface area contributed by atoms with Crippen LogP contribution in [0.25, 0.3) is 0 Å². The Morgan fingerprint density at radius 2 is 1.15 bits per heavy atom. The average molecular weight is 375 g/mol. The highest BCUT2D eigenvalue weighted by Gasteiger charge is 2.24. The molecule has 0 amide bonds.